The average Bonchev–Trinajstić information content (AvgIpc) is 3.42. The molecule has 2 aromatic rings. The summed E-state index contributed by atoms with van der Waals surface area (Å²) < 4.78 is 7.50. The summed E-state index contributed by atoms with van der Waals surface area (Å²) in [6.45, 7) is 7.43. The van der Waals surface area contributed by atoms with Crippen molar-refractivity contribution in [2.75, 3.05) is 32.8 Å². The van der Waals surface area contributed by atoms with Gasteiger partial charge in [0.15, 0.2) is 5.96 Å². The third-order valence-corrected chi connectivity index (χ3v) is 5.65. The van der Waals surface area contributed by atoms with Gasteiger partial charge in [0.2, 0.25) is 0 Å². The number of aromatic nitrogens is 2. The molecule has 1 atom stereocenters. The van der Waals surface area contributed by atoms with Gasteiger partial charge in [-0.25, -0.2) is 9.67 Å². The van der Waals surface area contributed by atoms with E-state index in [1.165, 1.54) is 6.42 Å². The summed E-state index contributed by atoms with van der Waals surface area (Å²) in [7, 11) is 0. The molecule has 1 aromatic heterocycles. The fourth-order valence-corrected chi connectivity index (χ4v) is 3.98. The lowest BCUT2D eigenvalue weighted by atomic mass is 9.87. The Bertz CT molecular complexity index is 801. The molecule has 28 heavy (non-hydrogen) atoms. The predicted octanol–water partition coefficient (Wildman–Crippen LogP) is 3.72. The normalized spacial score (nSPS) is 21.9. The number of nitrogens with one attached hydrogen (secondary N) is 1. The number of aliphatic imine (C=N–C) groups is 1. The molecule has 2 saturated heterocycles. The second kappa shape index (κ2) is 9.45. The van der Waals surface area contributed by atoms with E-state index in [0.29, 0.717) is 12.0 Å². The highest BCUT2D eigenvalue weighted by Crippen LogP contribution is 2.38. The molecule has 2 aliphatic rings. The molecule has 1 aromatic carbocycles. The van der Waals surface area contributed by atoms with Crippen LogP contribution in [0.2, 0.25) is 5.02 Å². The summed E-state index contributed by atoms with van der Waals surface area (Å²) in [6, 6.07) is 7.66. The molecule has 3 heterocycles. The molecule has 0 bridgehead atoms. The average molecular weight is 516 g/mol. The zero-order chi connectivity index (χ0) is 18.7. The number of guanidine groups is 1. The number of hydrogen-bond acceptors (Lipinski definition) is 3. The van der Waals surface area contributed by atoms with Gasteiger partial charge >= 0.3 is 0 Å². The van der Waals surface area contributed by atoms with Crippen molar-refractivity contribution in [1.29, 1.82) is 0 Å². The molecule has 0 aliphatic carbocycles. The molecule has 1 spiro atoms. The fourth-order valence-electron chi connectivity index (χ4n) is 3.86. The Kier molecular flexibility index (Phi) is 7.22. The van der Waals surface area contributed by atoms with E-state index < -0.39 is 0 Å². The minimum absolute atomic E-state index is 0. The molecule has 1 unspecified atom stereocenters. The van der Waals surface area contributed by atoms with Gasteiger partial charge in [0.25, 0.3) is 0 Å². The van der Waals surface area contributed by atoms with Gasteiger partial charge in [-0.15, -0.1) is 24.0 Å². The van der Waals surface area contributed by atoms with Crippen LogP contribution < -0.4 is 5.32 Å². The van der Waals surface area contributed by atoms with Crippen molar-refractivity contribution in [3.8, 4) is 5.69 Å². The smallest absolute Gasteiger partial charge is 0.194 e. The molecular formula is C20H27ClIN5O. The van der Waals surface area contributed by atoms with Crippen molar-refractivity contribution in [1.82, 2.24) is 20.0 Å². The molecular weight excluding hydrogens is 489 g/mol. The highest BCUT2D eigenvalue weighted by Gasteiger charge is 2.42. The van der Waals surface area contributed by atoms with Crippen LogP contribution in [0.5, 0.6) is 0 Å². The van der Waals surface area contributed by atoms with E-state index >= 15 is 0 Å². The van der Waals surface area contributed by atoms with Gasteiger partial charge in [-0.1, -0.05) is 11.6 Å². The van der Waals surface area contributed by atoms with Crippen molar-refractivity contribution in [2.24, 2.45) is 10.4 Å². The minimum atomic E-state index is 0. The highest BCUT2D eigenvalue weighted by molar-refractivity contribution is 14.0. The molecule has 6 nitrogen and oxygen atoms in total. The molecule has 2 aliphatic heterocycles. The van der Waals surface area contributed by atoms with Gasteiger partial charge in [-0.3, -0.25) is 0 Å². The zero-order valence-corrected chi connectivity index (χ0v) is 19.2. The van der Waals surface area contributed by atoms with Crippen LogP contribution >= 0.6 is 35.6 Å². The zero-order valence-electron chi connectivity index (χ0n) is 16.1. The minimum Gasteiger partial charge on any atom is -0.381 e. The van der Waals surface area contributed by atoms with Crippen LogP contribution in [0.1, 0.15) is 25.3 Å². The van der Waals surface area contributed by atoms with Crippen LogP contribution in [0.25, 0.3) is 5.69 Å². The van der Waals surface area contributed by atoms with Crippen molar-refractivity contribution in [3.63, 3.8) is 0 Å². The number of hydrogen-bond donors (Lipinski definition) is 1. The Morgan fingerprint density at radius 1 is 1.32 bits per heavy atom. The highest BCUT2D eigenvalue weighted by atomic mass is 127. The van der Waals surface area contributed by atoms with Crippen molar-refractivity contribution in [2.45, 2.75) is 26.3 Å². The maximum atomic E-state index is 5.96. The van der Waals surface area contributed by atoms with E-state index in [1.807, 2.05) is 41.3 Å². The van der Waals surface area contributed by atoms with Crippen LogP contribution in [-0.4, -0.2) is 53.5 Å². The summed E-state index contributed by atoms with van der Waals surface area (Å²) in [5.74, 6) is 0.987. The van der Waals surface area contributed by atoms with Crippen LogP contribution in [0.4, 0.5) is 0 Å². The van der Waals surface area contributed by atoms with Crippen LogP contribution in [0.15, 0.2) is 41.7 Å². The summed E-state index contributed by atoms with van der Waals surface area (Å²) >= 11 is 5.96. The molecule has 0 saturated carbocycles. The first kappa shape index (κ1) is 21.4. The first-order valence-electron chi connectivity index (χ1n) is 9.58. The number of benzene rings is 1. The Morgan fingerprint density at radius 3 is 2.86 bits per heavy atom. The van der Waals surface area contributed by atoms with E-state index in [2.05, 4.69) is 22.2 Å². The van der Waals surface area contributed by atoms with Crippen molar-refractivity contribution < 1.29 is 4.74 Å². The number of ether oxygens (including phenoxy) is 1. The van der Waals surface area contributed by atoms with Crippen molar-refractivity contribution >= 4 is 41.5 Å². The standard InChI is InChI=1S/C20H26ClN5O.HI/c1-2-22-19(25-9-7-20(14-25)8-10-27-15-20)23-11-16-12-24-26(13-16)18-5-3-17(21)4-6-18;/h3-6,12-13H,2,7-11,14-15H2,1H3,(H,22,23);1H. The lowest BCUT2D eigenvalue weighted by Crippen LogP contribution is -2.41. The third-order valence-electron chi connectivity index (χ3n) is 5.40. The largest absolute Gasteiger partial charge is 0.381 e. The summed E-state index contributed by atoms with van der Waals surface area (Å²) in [6.07, 6.45) is 6.24. The third kappa shape index (κ3) is 4.80. The second-order valence-electron chi connectivity index (χ2n) is 7.41. The lowest BCUT2D eigenvalue weighted by Gasteiger charge is -2.24. The first-order valence-corrected chi connectivity index (χ1v) is 9.96. The van der Waals surface area contributed by atoms with Crippen LogP contribution in [0.3, 0.4) is 0 Å². The summed E-state index contributed by atoms with van der Waals surface area (Å²) in [4.78, 5) is 7.23. The van der Waals surface area contributed by atoms with Crippen LogP contribution in [0, 0.1) is 5.41 Å². The quantitative estimate of drug-likeness (QED) is 0.383. The molecule has 8 heteroatoms. The van der Waals surface area contributed by atoms with Crippen LogP contribution in [-0.2, 0) is 11.3 Å². The van der Waals surface area contributed by atoms with E-state index in [-0.39, 0.29) is 24.0 Å². The van der Waals surface area contributed by atoms with E-state index in [4.69, 9.17) is 21.3 Å². The lowest BCUT2D eigenvalue weighted by molar-refractivity contribution is 0.156. The Hall–Kier alpha value is -1.32. The summed E-state index contributed by atoms with van der Waals surface area (Å²) in [5, 5.41) is 8.61. The number of halogens is 2. The molecule has 0 radical (unpaired) electrons. The van der Waals surface area contributed by atoms with E-state index in [1.54, 1.807) is 0 Å². The molecule has 4 rings (SSSR count). The van der Waals surface area contributed by atoms with E-state index in [0.717, 1.165) is 61.5 Å². The molecule has 152 valence electrons. The molecule has 0 amide bonds. The van der Waals surface area contributed by atoms with Gasteiger partial charge < -0.3 is 15.0 Å². The van der Waals surface area contributed by atoms with E-state index in [9.17, 15) is 0 Å². The predicted molar refractivity (Wildman–Crippen MR) is 123 cm³/mol. The Morgan fingerprint density at radius 2 is 2.14 bits per heavy atom. The molecule has 1 N–H and O–H groups in total. The van der Waals surface area contributed by atoms with Crippen molar-refractivity contribution in [3.05, 3.63) is 47.2 Å². The summed E-state index contributed by atoms with van der Waals surface area (Å²) in [5.41, 5.74) is 2.40. The number of nitrogens with zero attached hydrogens (tertiary/aromatic N) is 4. The van der Waals surface area contributed by atoms with Gasteiger partial charge in [-0.05, 0) is 44.0 Å². The Balaban J connectivity index is 0.00000225. The topological polar surface area (TPSA) is 54.7 Å². The SMILES string of the molecule is CCNC(=NCc1cnn(-c2ccc(Cl)cc2)c1)N1CCC2(CCOC2)C1.I. The first-order chi connectivity index (χ1) is 13.2. The number of rotatable bonds is 4. The maximum Gasteiger partial charge on any atom is 0.194 e. The molecule has 2 fully saturated rings. The monoisotopic (exact) mass is 515 g/mol. The fraction of sp³-hybridized carbons (Fsp3) is 0.500. The number of likely N-dealkylation sites (tertiary alicyclic amines) is 1. The van der Waals surface area contributed by atoms with Gasteiger partial charge in [0, 0.05) is 48.4 Å². The Labute approximate surface area is 188 Å². The van der Waals surface area contributed by atoms with Gasteiger partial charge in [-0.2, -0.15) is 5.10 Å². The van der Waals surface area contributed by atoms with Gasteiger partial charge in [0.1, 0.15) is 0 Å². The van der Waals surface area contributed by atoms with Gasteiger partial charge in [0.05, 0.1) is 25.0 Å². The second-order valence-corrected chi connectivity index (χ2v) is 7.85. The maximum absolute atomic E-state index is 5.96.